The number of rotatable bonds is 5. The van der Waals surface area contributed by atoms with E-state index in [0.29, 0.717) is 40.5 Å². The van der Waals surface area contributed by atoms with E-state index in [0.717, 1.165) is 11.8 Å². The summed E-state index contributed by atoms with van der Waals surface area (Å²) in [7, 11) is -3.28. The molecule has 170 valence electrons. The Labute approximate surface area is 197 Å². The largest absolute Gasteiger partial charge is 0.310 e. The first-order chi connectivity index (χ1) is 15.6. The van der Waals surface area contributed by atoms with Crippen LogP contribution in [0.5, 0.6) is 0 Å². The minimum Gasteiger partial charge on any atom is -0.310 e. The second-order valence-corrected chi connectivity index (χ2v) is 11.0. The van der Waals surface area contributed by atoms with Crippen molar-refractivity contribution in [3.8, 4) is 0 Å². The minimum absolute atomic E-state index is 0.00224. The zero-order chi connectivity index (χ0) is 23.8. The van der Waals surface area contributed by atoms with Crippen LogP contribution >= 0.6 is 11.6 Å². The van der Waals surface area contributed by atoms with Crippen LogP contribution in [-0.4, -0.2) is 31.3 Å². The molecule has 1 atom stereocenters. The van der Waals surface area contributed by atoms with E-state index in [4.69, 9.17) is 11.6 Å². The molecule has 0 radical (unpaired) electrons. The molecule has 4 rings (SSSR count). The maximum absolute atomic E-state index is 13.3. The number of fused-ring (bicyclic) bond motifs is 1. The van der Waals surface area contributed by atoms with Gasteiger partial charge in [-0.1, -0.05) is 35.9 Å². The summed E-state index contributed by atoms with van der Waals surface area (Å²) >= 11 is 5.99. The highest BCUT2D eigenvalue weighted by atomic mass is 35.5. The second kappa shape index (κ2) is 8.72. The van der Waals surface area contributed by atoms with Crippen LogP contribution in [0.15, 0.2) is 65.6 Å². The second-order valence-electron chi connectivity index (χ2n) is 8.50. The van der Waals surface area contributed by atoms with Gasteiger partial charge in [-0.05, 0) is 67.3 Å². The van der Waals surface area contributed by atoms with Crippen molar-refractivity contribution in [1.29, 1.82) is 0 Å². The fourth-order valence-corrected chi connectivity index (χ4v) is 4.82. The van der Waals surface area contributed by atoms with Gasteiger partial charge in [0.2, 0.25) is 5.91 Å². The van der Waals surface area contributed by atoms with E-state index in [-0.39, 0.29) is 23.0 Å². The third-order valence-corrected chi connectivity index (χ3v) is 7.43. The molecule has 8 heteroatoms. The Bertz CT molecular complexity index is 1340. The summed E-state index contributed by atoms with van der Waals surface area (Å²) in [5, 5.41) is 3.39. The summed E-state index contributed by atoms with van der Waals surface area (Å²) in [6.07, 6.45) is 2.43. The number of halogens is 1. The molecule has 1 N–H and O–H groups in total. The molecular weight excluding hydrogens is 460 g/mol. The van der Waals surface area contributed by atoms with Crippen molar-refractivity contribution in [2.24, 2.45) is 0 Å². The number of ketones is 1. The number of hydrogen-bond acceptors (Lipinski definition) is 5. The van der Waals surface area contributed by atoms with Crippen molar-refractivity contribution in [2.45, 2.75) is 36.5 Å². The van der Waals surface area contributed by atoms with Crippen LogP contribution in [-0.2, 0) is 32.9 Å². The minimum atomic E-state index is -3.28. The van der Waals surface area contributed by atoms with E-state index in [1.807, 2.05) is 19.1 Å². The van der Waals surface area contributed by atoms with Gasteiger partial charge < -0.3 is 5.32 Å². The van der Waals surface area contributed by atoms with Crippen LogP contribution in [0.2, 0.25) is 5.02 Å². The maximum Gasteiger partial charge on any atom is 0.229 e. The number of Topliss-reactive ketones (excluding diaryl/α,β-unsaturated/α-hetero) is 1. The number of anilines is 1. The number of sulfone groups is 1. The van der Waals surface area contributed by atoms with E-state index >= 15 is 0 Å². The molecule has 0 aliphatic heterocycles. The van der Waals surface area contributed by atoms with E-state index in [1.165, 1.54) is 12.1 Å². The van der Waals surface area contributed by atoms with Gasteiger partial charge in [0.05, 0.1) is 22.4 Å². The molecule has 0 spiro atoms. The molecule has 1 aliphatic rings. The van der Waals surface area contributed by atoms with Gasteiger partial charge in [-0.25, -0.2) is 13.4 Å². The number of aromatic nitrogens is 1. The summed E-state index contributed by atoms with van der Waals surface area (Å²) in [6.45, 7) is 1.94. The third-order valence-electron chi connectivity index (χ3n) is 6.05. The lowest BCUT2D eigenvalue weighted by Gasteiger charge is -2.33. The zero-order valence-corrected chi connectivity index (χ0v) is 19.8. The molecule has 1 aromatic heterocycles. The number of pyridine rings is 1. The normalized spacial score (nSPS) is 18.0. The Balaban J connectivity index is 1.47. The van der Waals surface area contributed by atoms with Crippen LogP contribution in [0, 0.1) is 0 Å². The Kier molecular flexibility index (Phi) is 6.12. The lowest BCUT2D eigenvalue weighted by Crippen LogP contribution is -2.37. The van der Waals surface area contributed by atoms with Gasteiger partial charge in [-0.3, -0.25) is 9.59 Å². The number of benzene rings is 2. The molecule has 0 fully saturated rings. The molecule has 1 aliphatic carbocycles. The van der Waals surface area contributed by atoms with Crippen molar-refractivity contribution in [3.05, 3.63) is 88.1 Å². The van der Waals surface area contributed by atoms with Crippen LogP contribution in [0.25, 0.3) is 0 Å². The van der Waals surface area contributed by atoms with Crippen molar-refractivity contribution < 1.29 is 18.0 Å². The first kappa shape index (κ1) is 23.1. The van der Waals surface area contributed by atoms with Gasteiger partial charge in [0.15, 0.2) is 15.6 Å². The van der Waals surface area contributed by atoms with Crippen molar-refractivity contribution in [1.82, 2.24) is 4.98 Å². The Hall–Kier alpha value is -3.03. The van der Waals surface area contributed by atoms with E-state index < -0.39 is 15.3 Å². The van der Waals surface area contributed by atoms with Crippen molar-refractivity contribution >= 4 is 38.9 Å². The molecular formula is C25H23ClN2O4S. The van der Waals surface area contributed by atoms with Crippen molar-refractivity contribution in [2.75, 3.05) is 11.6 Å². The predicted octanol–water partition coefficient (Wildman–Crippen LogP) is 4.41. The molecule has 1 unspecified atom stereocenters. The molecule has 1 heterocycles. The number of carbonyl (C=O) groups excluding carboxylic acids is 2. The highest BCUT2D eigenvalue weighted by Crippen LogP contribution is 2.38. The smallest absolute Gasteiger partial charge is 0.229 e. The fourth-order valence-electron chi connectivity index (χ4n) is 4.07. The molecule has 2 aromatic carbocycles. The van der Waals surface area contributed by atoms with Gasteiger partial charge in [-0.2, -0.15) is 0 Å². The number of nitrogens with zero attached hydrogens (tertiary/aromatic N) is 1. The molecule has 33 heavy (non-hydrogen) atoms. The highest BCUT2D eigenvalue weighted by Gasteiger charge is 2.40. The summed E-state index contributed by atoms with van der Waals surface area (Å²) in [4.78, 5) is 30.5. The zero-order valence-electron chi connectivity index (χ0n) is 18.3. The quantitative estimate of drug-likeness (QED) is 0.581. The van der Waals surface area contributed by atoms with E-state index in [9.17, 15) is 18.0 Å². The monoisotopic (exact) mass is 482 g/mol. The Morgan fingerprint density at radius 1 is 1.06 bits per heavy atom. The van der Waals surface area contributed by atoms with Crippen LogP contribution in [0.3, 0.4) is 0 Å². The summed E-state index contributed by atoms with van der Waals surface area (Å²) < 4.78 is 23.1. The summed E-state index contributed by atoms with van der Waals surface area (Å²) in [5.41, 5.74) is 2.19. The summed E-state index contributed by atoms with van der Waals surface area (Å²) in [6, 6.07) is 16.9. The maximum atomic E-state index is 13.3. The summed E-state index contributed by atoms with van der Waals surface area (Å²) in [5.74, 6) is 0.111. The first-order valence-electron chi connectivity index (χ1n) is 10.5. The van der Waals surface area contributed by atoms with Gasteiger partial charge in [-0.15, -0.1) is 0 Å². The van der Waals surface area contributed by atoms with Crippen LogP contribution in [0.4, 0.5) is 5.82 Å². The van der Waals surface area contributed by atoms with Crippen molar-refractivity contribution in [3.63, 3.8) is 0 Å². The van der Waals surface area contributed by atoms with Gasteiger partial charge in [0.25, 0.3) is 0 Å². The number of aryl methyl sites for hydroxylation is 1. The van der Waals surface area contributed by atoms with Crippen LogP contribution in [0.1, 0.15) is 40.5 Å². The third kappa shape index (κ3) is 4.84. The van der Waals surface area contributed by atoms with E-state index in [1.54, 1.807) is 36.4 Å². The molecule has 6 nitrogen and oxygen atoms in total. The van der Waals surface area contributed by atoms with E-state index in [2.05, 4.69) is 10.3 Å². The van der Waals surface area contributed by atoms with Gasteiger partial charge >= 0.3 is 0 Å². The molecule has 3 aromatic rings. The van der Waals surface area contributed by atoms with Gasteiger partial charge in [0.1, 0.15) is 5.82 Å². The fraction of sp³-hybridized carbons (Fsp3) is 0.240. The molecule has 0 saturated heterocycles. The molecule has 1 amide bonds. The Morgan fingerprint density at radius 3 is 2.36 bits per heavy atom. The average Bonchev–Trinajstić information content (AvgIpc) is 2.76. The predicted molar refractivity (Wildman–Crippen MR) is 128 cm³/mol. The van der Waals surface area contributed by atoms with Gasteiger partial charge in [0, 0.05) is 16.8 Å². The van der Waals surface area contributed by atoms with Crippen LogP contribution < -0.4 is 5.32 Å². The first-order valence-corrected chi connectivity index (χ1v) is 12.7. The molecule has 0 bridgehead atoms. The SMILES string of the molecule is CC1(c2ccc(Cl)cc2)CCc2nc(NC(=O)Cc3ccc(S(C)(=O)=O)cc3)ccc2C1=O. The molecule has 0 saturated carbocycles. The number of amides is 1. The number of hydrogen-bond donors (Lipinski definition) is 1. The average molecular weight is 483 g/mol. The Morgan fingerprint density at radius 2 is 1.73 bits per heavy atom. The lowest BCUT2D eigenvalue weighted by molar-refractivity contribution is -0.115. The topological polar surface area (TPSA) is 93.2 Å². The standard InChI is InChI=1S/C25H23ClN2O4S/c1-25(17-5-7-18(26)8-6-17)14-13-21-20(24(25)30)11-12-22(27-21)28-23(29)15-16-3-9-19(10-4-16)33(2,31)32/h3-12H,13-15H2,1-2H3,(H,27,28,29). The number of nitrogens with one attached hydrogen (secondary N) is 1. The lowest BCUT2D eigenvalue weighted by atomic mass is 9.69. The number of carbonyl (C=O) groups is 2. The highest BCUT2D eigenvalue weighted by molar-refractivity contribution is 7.90.